The number of aryl methyl sites for hydroxylation is 2. The van der Waals surface area contributed by atoms with Crippen LogP contribution in [0, 0.1) is 13.8 Å². The molecule has 1 N–H and O–H groups in total. The summed E-state index contributed by atoms with van der Waals surface area (Å²) in [5, 5.41) is 2.84. The fraction of sp³-hybridized carbons (Fsp3) is 0.375. The van der Waals surface area contributed by atoms with Crippen molar-refractivity contribution in [1.29, 1.82) is 0 Å². The summed E-state index contributed by atoms with van der Waals surface area (Å²) >= 11 is 0. The number of carbonyl (C=O) groups excluding carboxylic acids is 3. The van der Waals surface area contributed by atoms with Gasteiger partial charge in [0.15, 0.2) is 15.4 Å². The Morgan fingerprint density at radius 3 is 2.39 bits per heavy atom. The predicted molar refractivity (Wildman–Crippen MR) is 123 cm³/mol. The minimum Gasteiger partial charge on any atom is -0.340 e. The molecule has 0 unspecified atom stereocenters. The van der Waals surface area contributed by atoms with Gasteiger partial charge in [0.05, 0.1) is 11.5 Å². The fourth-order valence-corrected chi connectivity index (χ4v) is 6.25. The van der Waals surface area contributed by atoms with E-state index >= 15 is 0 Å². The van der Waals surface area contributed by atoms with Gasteiger partial charge < -0.3 is 10.2 Å². The minimum atomic E-state index is -3.17. The zero-order chi connectivity index (χ0) is 24.0. The third kappa shape index (κ3) is 4.01. The molecule has 2 aromatic rings. The number of rotatable bonds is 5. The van der Waals surface area contributed by atoms with E-state index < -0.39 is 45.8 Å². The van der Waals surface area contributed by atoms with Crippen molar-refractivity contribution in [2.45, 2.75) is 31.8 Å². The number of urea groups is 1. The molecule has 0 aliphatic carbocycles. The van der Waals surface area contributed by atoms with E-state index in [9.17, 15) is 22.8 Å². The number of hydrogen-bond acceptors (Lipinski definition) is 5. The molecule has 2 fully saturated rings. The molecule has 8 nitrogen and oxygen atoms in total. The van der Waals surface area contributed by atoms with Crippen LogP contribution in [0.3, 0.4) is 0 Å². The van der Waals surface area contributed by atoms with Crippen LogP contribution in [0.2, 0.25) is 0 Å². The van der Waals surface area contributed by atoms with Crippen molar-refractivity contribution in [2.24, 2.45) is 0 Å². The van der Waals surface area contributed by atoms with Crippen molar-refractivity contribution >= 4 is 27.7 Å². The van der Waals surface area contributed by atoms with Crippen molar-refractivity contribution in [3.63, 3.8) is 0 Å². The van der Waals surface area contributed by atoms with Gasteiger partial charge in [-0.3, -0.25) is 14.5 Å². The van der Waals surface area contributed by atoms with Crippen molar-refractivity contribution < 1.29 is 22.8 Å². The molecule has 2 saturated heterocycles. The van der Waals surface area contributed by atoms with Gasteiger partial charge >= 0.3 is 6.03 Å². The summed E-state index contributed by atoms with van der Waals surface area (Å²) in [5.41, 5.74) is 1.78. The summed E-state index contributed by atoms with van der Waals surface area (Å²) in [4.78, 5) is 42.0. The van der Waals surface area contributed by atoms with Gasteiger partial charge in [0.1, 0.15) is 6.54 Å². The second-order valence-corrected chi connectivity index (χ2v) is 11.0. The molecule has 2 heterocycles. The van der Waals surface area contributed by atoms with Crippen LogP contribution in [0.5, 0.6) is 0 Å². The molecule has 174 valence electrons. The number of nitrogens with one attached hydrogen (secondary N) is 1. The molecule has 0 saturated carbocycles. The number of carbonyl (C=O) groups is 3. The van der Waals surface area contributed by atoms with Gasteiger partial charge in [0.25, 0.3) is 5.91 Å². The number of hydrogen-bond donors (Lipinski definition) is 1. The molecule has 2 atom stereocenters. The lowest BCUT2D eigenvalue weighted by Gasteiger charge is -2.29. The van der Waals surface area contributed by atoms with Crippen molar-refractivity contribution in [1.82, 2.24) is 15.1 Å². The Balaban J connectivity index is 1.67. The van der Waals surface area contributed by atoms with Crippen LogP contribution < -0.4 is 5.32 Å². The first-order valence-corrected chi connectivity index (χ1v) is 12.6. The number of likely N-dealkylation sites (N-methyl/N-ethyl adjacent to an activating group) is 1. The van der Waals surface area contributed by atoms with E-state index in [1.807, 2.05) is 38.1 Å². The van der Waals surface area contributed by atoms with Crippen LogP contribution in [-0.2, 0) is 25.0 Å². The number of imide groups is 1. The molecule has 0 bridgehead atoms. The highest BCUT2D eigenvalue weighted by molar-refractivity contribution is 7.91. The van der Waals surface area contributed by atoms with Crippen LogP contribution in [0.25, 0.3) is 0 Å². The quantitative estimate of drug-likeness (QED) is 0.672. The van der Waals surface area contributed by atoms with Gasteiger partial charge in [-0.1, -0.05) is 48.5 Å². The summed E-state index contributed by atoms with van der Waals surface area (Å²) in [6, 6.07) is 13.4. The van der Waals surface area contributed by atoms with Gasteiger partial charge in [-0.15, -0.1) is 0 Å². The highest BCUT2D eigenvalue weighted by Crippen LogP contribution is 2.37. The monoisotopic (exact) mass is 469 g/mol. The fourth-order valence-electron chi connectivity index (χ4n) is 4.47. The topological polar surface area (TPSA) is 104 Å². The summed E-state index contributed by atoms with van der Waals surface area (Å²) in [6.07, 6.45) is 0.349. The maximum atomic E-state index is 13.8. The summed E-state index contributed by atoms with van der Waals surface area (Å²) in [5.74, 6) is -1.10. The summed E-state index contributed by atoms with van der Waals surface area (Å²) in [7, 11) is -1.66. The number of nitrogens with zero attached hydrogens (tertiary/aromatic N) is 2. The Bertz CT molecular complexity index is 1230. The number of benzene rings is 2. The minimum absolute atomic E-state index is 0.0301. The lowest BCUT2D eigenvalue weighted by Crippen LogP contribution is -2.47. The Morgan fingerprint density at radius 1 is 1.09 bits per heavy atom. The van der Waals surface area contributed by atoms with Gasteiger partial charge in [0, 0.05) is 13.1 Å². The molecule has 4 rings (SSSR count). The maximum Gasteiger partial charge on any atom is 0.326 e. The Labute approximate surface area is 193 Å². The summed E-state index contributed by atoms with van der Waals surface area (Å²) < 4.78 is 23.6. The molecule has 2 aliphatic rings. The van der Waals surface area contributed by atoms with E-state index in [2.05, 4.69) is 5.32 Å². The molecule has 2 aliphatic heterocycles. The molecular formula is C24H27N3O5S. The van der Waals surface area contributed by atoms with Gasteiger partial charge in [-0.2, -0.15) is 0 Å². The SMILES string of the molecule is Cc1ccc([C@]2(c3ccccc3)NC(=O)N(CC(=O)N(C)[C@H]3CCS(=O)(=O)C3)C2=O)cc1C. The zero-order valence-corrected chi connectivity index (χ0v) is 19.7. The second-order valence-electron chi connectivity index (χ2n) is 8.80. The van der Waals surface area contributed by atoms with E-state index in [0.717, 1.165) is 16.0 Å². The van der Waals surface area contributed by atoms with Crippen LogP contribution in [0.1, 0.15) is 28.7 Å². The van der Waals surface area contributed by atoms with Crippen LogP contribution >= 0.6 is 0 Å². The zero-order valence-electron chi connectivity index (χ0n) is 18.9. The first kappa shape index (κ1) is 23.0. The van der Waals surface area contributed by atoms with Crippen molar-refractivity contribution in [2.75, 3.05) is 25.1 Å². The molecule has 9 heteroatoms. The van der Waals surface area contributed by atoms with E-state index in [4.69, 9.17) is 0 Å². The first-order chi connectivity index (χ1) is 15.5. The standard InChI is InChI=1S/C24H27N3O5S/c1-16-9-10-19(13-17(16)2)24(18-7-5-4-6-8-18)22(29)27(23(30)25-24)14-21(28)26(3)20-11-12-33(31,32)15-20/h4-10,13,20H,11-12,14-15H2,1-3H3,(H,25,30)/t20-,24-/m0/s1. The lowest BCUT2D eigenvalue weighted by atomic mass is 9.81. The number of amides is 4. The predicted octanol–water partition coefficient (Wildman–Crippen LogP) is 1.74. The molecule has 0 spiro atoms. The Morgan fingerprint density at radius 2 is 1.79 bits per heavy atom. The molecule has 2 aromatic carbocycles. The van der Waals surface area contributed by atoms with E-state index in [-0.39, 0.29) is 11.5 Å². The van der Waals surface area contributed by atoms with Gasteiger partial charge in [0.2, 0.25) is 5.91 Å². The maximum absolute atomic E-state index is 13.8. The average Bonchev–Trinajstić information content (AvgIpc) is 3.27. The van der Waals surface area contributed by atoms with Gasteiger partial charge in [-0.05, 0) is 42.5 Å². The normalized spacial score (nSPS) is 24.1. The molecule has 0 radical (unpaired) electrons. The Kier molecular flexibility index (Phi) is 5.78. The van der Waals surface area contributed by atoms with Crippen LogP contribution in [0.15, 0.2) is 48.5 Å². The van der Waals surface area contributed by atoms with Crippen molar-refractivity contribution in [3.05, 3.63) is 70.8 Å². The average molecular weight is 470 g/mol. The highest BCUT2D eigenvalue weighted by atomic mass is 32.2. The Hall–Kier alpha value is -3.20. The largest absolute Gasteiger partial charge is 0.340 e. The molecular weight excluding hydrogens is 442 g/mol. The number of sulfone groups is 1. The van der Waals surface area contributed by atoms with Crippen LogP contribution in [0.4, 0.5) is 4.79 Å². The van der Waals surface area contributed by atoms with E-state index in [1.54, 1.807) is 24.3 Å². The lowest BCUT2D eigenvalue weighted by molar-refractivity contribution is -0.138. The second kappa shape index (κ2) is 8.30. The van der Waals surface area contributed by atoms with E-state index in [0.29, 0.717) is 17.5 Å². The van der Waals surface area contributed by atoms with Gasteiger partial charge in [-0.25, -0.2) is 13.2 Å². The first-order valence-electron chi connectivity index (χ1n) is 10.8. The van der Waals surface area contributed by atoms with E-state index in [1.165, 1.54) is 11.9 Å². The van der Waals surface area contributed by atoms with Crippen LogP contribution in [-0.4, -0.2) is 67.2 Å². The smallest absolute Gasteiger partial charge is 0.326 e. The highest BCUT2D eigenvalue weighted by Gasteiger charge is 2.54. The molecule has 0 aromatic heterocycles. The third-order valence-electron chi connectivity index (χ3n) is 6.70. The van der Waals surface area contributed by atoms with Crippen molar-refractivity contribution in [3.8, 4) is 0 Å². The summed E-state index contributed by atoms with van der Waals surface area (Å²) in [6.45, 7) is 3.44. The molecule has 4 amide bonds. The molecule has 33 heavy (non-hydrogen) atoms. The third-order valence-corrected chi connectivity index (χ3v) is 8.45.